The van der Waals surface area contributed by atoms with Gasteiger partial charge < -0.3 is 19.5 Å². The molecule has 2 aliphatic rings. The van der Waals surface area contributed by atoms with Crippen LogP contribution in [0, 0.1) is 18.3 Å². The van der Waals surface area contributed by atoms with Gasteiger partial charge in [-0.2, -0.15) is 0 Å². The third-order valence-corrected chi connectivity index (χ3v) is 5.48. The Balaban J connectivity index is 1.94. The number of nitrogens with zero attached hydrogens (tertiary/aromatic N) is 1. The van der Waals surface area contributed by atoms with E-state index in [0.717, 1.165) is 43.5 Å². The summed E-state index contributed by atoms with van der Waals surface area (Å²) >= 11 is 0. The highest BCUT2D eigenvalue weighted by molar-refractivity contribution is 5.92. The summed E-state index contributed by atoms with van der Waals surface area (Å²) in [6, 6.07) is 7.85. The van der Waals surface area contributed by atoms with E-state index in [9.17, 15) is 9.90 Å². The third kappa shape index (κ3) is 4.57. The van der Waals surface area contributed by atoms with Gasteiger partial charge in [-0.3, -0.25) is 4.79 Å². The van der Waals surface area contributed by atoms with Crippen molar-refractivity contribution in [2.45, 2.75) is 44.8 Å². The third-order valence-electron chi connectivity index (χ3n) is 5.48. The van der Waals surface area contributed by atoms with Crippen LogP contribution in [-0.4, -0.2) is 48.5 Å². The van der Waals surface area contributed by atoms with Crippen molar-refractivity contribution in [2.24, 2.45) is 5.92 Å². The van der Waals surface area contributed by atoms with Crippen molar-refractivity contribution < 1.29 is 19.4 Å². The molecule has 1 aromatic carbocycles. The van der Waals surface area contributed by atoms with Gasteiger partial charge >= 0.3 is 0 Å². The molecule has 0 bridgehead atoms. The molecule has 1 amide bonds. The molecule has 28 heavy (non-hydrogen) atoms. The summed E-state index contributed by atoms with van der Waals surface area (Å²) in [5.41, 5.74) is 1.89. The second-order valence-electron chi connectivity index (χ2n) is 7.29. The lowest BCUT2D eigenvalue weighted by Gasteiger charge is -2.37. The highest BCUT2D eigenvalue weighted by Crippen LogP contribution is 2.40. The molecule has 1 saturated heterocycles. The largest absolute Gasteiger partial charge is 0.459 e. The molecular weight excluding hydrogens is 354 g/mol. The van der Waals surface area contributed by atoms with E-state index in [1.807, 2.05) is 42.2 Å². The number of hydrogen-bond acceptors (Lipinski definition) is 4. The number of hydrogen-bond donors (Lipinski definition) is 1. The first-order chi connectivity index (χ1) is 13.7. The van der Waals surface area contributed by atoms with Gasteiger partial charge in [0.15, 0.2) is 5.76 Å². The fraction of sp³-hybridized carbons (Fsp3) is 0.522. The smallest absolute Gasteiger partial charge is 0.288 e. The van der Waals surface area contributed by atoms with Gasteiger partial charge in [0.1, 0.15) is 0 Å². The van der Waals surface area contributed by atoms with Gasteiger partial charge in [0.05, 0.1) is 0 Å². The number of aliphatic hydroxyl groups is 1. The fourth-order valence-electron chi connectivity index (χ4n) is 4.02. The predicted octanol–water partition coefficient (Wildman–Crippen LogP) is 3.04. The first-order valence-corrected chi connectivity index (χ1v) is 10.1. The zero-order chi connectivity index (χ0) is 19.9. The van der Waals surface area contributed by atoms with Crippen LogP contribution in [0.5, 0.6) is 0 Å². The molecule has 3 rings (SSSR count). The minimum atomic E-state index is -0.514. The Morgan fingerprint density at radius 2 is 2.04 bits per heavy atom. The van der Waals surface area contributed by atoms with Crippen LogP contribution in [0.4, 0.5) is 0 Å². The number of ether oxygens (including phenoxy) is 2. The van der Waals surface area contributed by atoms with Crippen LogP contribution in [0.1, 0.15) is 49.7 Å². The molecule has 150 valence electrons. The molecule has 0 spiro atoms. The van der Waals surface area contributed by atoms with Crippen molar-refractivity contribution in [2.75, 3.05) is 26.3 Å². The van der Waals surface area contributed by atoms with Crippen molar-refractivity contribution in [3.8, 4) is 12.3 Å². The number of carbonyl (C=O) groups is 1. The average molecular weight is 383 g/mol. The quantitative estimate of drug-likeness (QED) is 0.736. The topological polar surface area (TPSA) is 59.0 Å². The van der Waals surface area contributed by atoms with Crippen LogP contribution in [0.25, 0.3) is 0 Å². The highest BCUT2D eigenvalue weighted by Gasteiger charge is 2.39. The Morgan fingerprint density at radius 1 is 1.32 bits per heavy atom. The maximum absolute atomic E-state index is 13.0. The second-order valence-corrected chi connectivity index (χ2v) is 7.29. The van der Waals surface area contributed by atoms with Gasteiger partial charge in [-0.05, 0) is 56.4 Å². The maximum atomic E-state index is 13.0. The van der Waals surface area contributed by atoms with Gasteiger partial charge in [-0.1, -0.05) is 18.1 Å². The van der Waals surface area contributed by atoms with Crippen LogP contribution < -0.4 is 0 Å². The molecule has 1 aromatic rings. The molecule has 5 nitrogen and oxygen atoms in total. The lowest BCUT2D eigenvalue weighted by molar-refractivity contribution is -0.170. The molecule has 0 saturated carbocycles. The van der Waals surface area contributed by atoms with Gasteiger partial charge in [0.25, 0.3) is 5.91 Å². The Kier molecular flexibility index (Phi) is 7.13. The Labute approximate surface area is 167 Å². The molecular formula is C23H29NO4. The lowest BCUT2D eigenvalue weighted by Crippen LogP contribution is -2.39. The van der Waals surface area contributed by atoms with E-state index in [-0.39, 0.29) is 24.3 Å². The van der Waals surface area contributed by atoms with E-state index in [0.29, 0.717) is 18.8 Å². The number of amides is 1. The molecule has 5 heteroatoms. The zero-order valence-electron chi connectivity index (χ0n) is 16.5. The number of carbonyl (C=O) groups excluding carboxylic acids is 1. The summed E-state index contributed by atoms with van der Waals surface area (Å²) in [6.45, 7) is 4.07. The number of terminal acetylenes is 1. The number of rotatable bonds is 7. The number of benzene rings is 1. The summed E-state index contributed by atoms with van der Waals surface area (Å²) in [5, 5.41) is 9.34. The normalized spacial score (nSPS) is 24.4. The molecule has 1 N–H and O–H groups in total. The van der Waals surface area contributed by atoms with Crippen LogP contribution in [-0.2, 0) is 14.3 Å². The van der Waals surface area contributed by atoms with E-state index in [4.69, 9.17) is 15.9 Å². The van der Waals surface area contributed by atoms with E-state index >= 15 is 0 Å². The van der Waals surface area contributed by atoms with Crippen molar-refractivity contribution in [3.05, 3.63) is 47.2 Å². The standard InChI is InChI=1S/C23H29NO4/c1-3-17-9-11-18(12-10-17)20-16-21(22(26)24-13-5-6-14-24)28-23(27-4-2)19(20)8-7-15-25/h1,9-12,16,19-20,23,25H,4-8,13-15H2,2H3/t19-,20+,23+/m0/s1. The molecule has 0 aromatic heterocycles. The van der Waals surface area contributed by atoms with Crippen molar-refractivity contribution in [3.63, 3.8) is 0 Å². The summed E-state index contributed by atoms with van der Waals surface area (Å²) in [6.07, 6.45) is 10.4. The van der Waals surface area contributed by atoms with Crippen LogP contribution >= 0.6 is 0 Å². The molecule has 2 heterocycles. The Morgan fingerprint density at radius 3 is 2.64 bits per heavy atom. The second kappa shape index (κ2) is 9.77. The van der Waals surface area contributed by atoms with Gasteiger partial charge in [0.2, 0.25) is 6.29 Å². The Bertz CT molecular complexity index is 728. The SMILES string of the molecule is C#Cc1ccc([C@H]2C=C(C(=O)N3CCCC3)O[C@@H](OCC)[C@H]2CCCO)cc1. The van der Waals surface area contributed by atoms with Crippen molar-refractivity contribution >= 4 is 5.91 Å². The van der Waals surface area contributed by atoms with Crippen LogP contribution in [0.15, 0.2) is 36.1 Å². The summed E-state index contributed by atoms with van der Waals surface area (Å²) in [4.78, 5) is 14.8. The maximum Gasteiger partial charge on any atom is 0.288 e. The molecule has 0 aliphatic carbocycles. The molecule has 0 unspecified atom stereocenters. The molecule has 2 aliphatic heterocycles. The zero-order valence-corrected chi connectivity index (χ0v) is 16.5. The van der Waals surface area contributed by atoms with Crippen LogP contribution in [0.3, 0.4) is 0 Å². The van der Waals surface area contributed by atoms with Crippen molar-refractivity contribution in [1.82, 2.24) is 4.90 Å². The number of likely N-dealkylation sites (tertiary alicyclic amines) is 1. The lowest BCUT2D eigenvalue weighted by atomic mass is 9.80. The van der Waals surface area contributed by atoms with Gasteiger partial charge in [-0.25, -0.2) is 0 Å². The first kappa shape index (κ1) is 20.4. The number of aliphatic hydroxyl groups excluding tert-OH is 1. The molecule has 1 fully saturated rings. The molecule has 3 atom stereocenters. The monoisotopic (exact) mass is 383 g/mol. The number of allylic oxidation sites excluding steroid dienone is 1. The molecule has 0 radical (unpaired) electrons. The minimum absolute atomic E-state index is 0.0129. The summed E-state index contributed by atoms with van der Waals surface area (Å²) in [7, 11) is 0. The minimum Gasteiger partial charge on any atom is -0.459 e. The summed E-state index contributed by atoms with van der Waals surface area (Å²) < 4.78 is 11.9. The first-order valence-electron chi connectivity index (χ1n) is 10.1. The van der Waals surface area contributed by atoms with Crippen LogP contribution in [0.2, 0.25) is 0 Å². The predicted molar refractivity (Wildman–Crippen MR) is 107 cm³/mol. The van der Waals surface area contributed by atoms with Gasteiger partial charge in [0, 0.05) is 43.7 Å². The van der Waals surface area contributed by atoms with Gasteiger partial charge in [-0.15, -0.1) is 6.42 Å². The van der Waals surface area contributed by atoms with E-state index in [1.165, 1.54) is 0 Å². The van der Waals surface area contributed by atoms with Crippen molar-refractivity contribution in [1.29, 1.82) is 0 Å². The fourth-order valence-corrected chi connectivity index (χ4v) is 4.02. The van der Waals surface area contributed by atoms with E-state index in [1.54, 1.807) is 0 Å². The highest BCUT2D eigenvalue weighted by atomic mass is 16.7. The van der Waals surface area contributed by atoms with E-state index in [2.05, 4.69) is 5.92 Å². The summed E-state index contributed by atoms with van der Waals surface area (Å²) in [5.74, 6) is 2.92. The Hall–Kier alpha value is -2.29. The van der Waals surface area contributed by atoms with E-state index < -0.39 is 6.29 Å². The average Bonchev–Trinajstić information content (AvgIpc) is 3.27.